The van der Waals surface area contributed by atoms with Gasteiger partial charge in [-0.1, -0.05) is 0 Å². The van der Waals surface area contributed by atoms with Gasteiger partial charge in [-0.15, -0.1) is 0 Å². The second kappa shape index (κ2) is 10.7. The van der Waals surface area contributed by atoms with Crippen molar-refractivity contribution in [3.8, 4) is 0 Å². The van der Waals surface area contributed by atoms with Gasteiger partial charge in [-0.2, -0.15) is 0 Å². The van der Waals surface area contributed by atoms with E-state index in [1.807, 2.05) is 34.7 Å². The second-order valence-corrected chi connectivity index (χ2v) is 6.69. The zero-order valence-electron chi connectivity index (χ0n) is 14.8. The van der Waals surface area contributed by atoms with Gasteiger partial charge in [0.25, 0.3) is 0 Å². The lowest BCUT2D eigenvalue weighted by Gasteiger charge is -2.30. The van der Waals surface area contributed by atoms with Gasteiger partial charge in [0.2, 0.25) is 5.91 Å². The van der Waals surface area contributed by atoms with Gasteiger partial charge >= 0.3 is 0 Å². The number of nitrogens with one attached hydrogen (secondary N) is 3. The Balaban J connectivity index is 3.98. The van der Waals surface area contributed by atoms with Crippen LogP contribution in [-0.4, -0.2) is 56.7 Å². The van der Waals surface area contributed by atoms with E-state index in [1.165, 1.54) is 6.21 Å². The maximum Gasteiger partial charge on any atom is 0.221 e. The molecular formula is C16H33N3O3. The molecule has 0 saturated heterocycles. The van der Waals surface area contributed by atoms with Crippen molar-refractivity contribution in [2.75, 3.05) is 33.4 Å². The van der Waals surface area contributed by atoms with E-state index in [-0.39, 0.29) is 17.0 Å². The van der Waals surface area contributed by atoms with E-state index in [2.05, 4.69) is 10.6 Å². The summed E-state index contributed by atoms with van der Waals surface area (Å²) >= 11 is 0. The fourth-order valence-electron chi connectivity index (χ4n) is 1.83. The van der Waals surface area contributed by atoms with Gasteiger partial charge in [0.05, 0.1) is 18.8 Å². The van der Waals surface area contributed by atoms with Crippen LogP contribution in [0.25, 0.3) is 0 Å². The molecule has 0 saturated carbocycles. The molecule has 22 heavy (non-hydrogen) atoms. The first kappa shape index (κ1) is 21.0. The van der Waals surface area contributed by atoms with Gasteiger partial charge in [0.1, 0.15) is 0 Å². The lowest BCUT2D eigenvalue weighted by molar-refractivity contribution is -0.123. The van der Waals surface area contributed by atoms with E-state index >= 15 is 0 Å². The van der Waals surface area contributed by atoms with Gasteiger partial charge in [-0.05, 0) is 47.4 Å². The monoisotopic (exact) mass is 315 g/mol. The molecule has 0 aliphatic carbocycles. The lowest BCUT2D eigenvalue weighted by Crippen LogP contribution is -2.45. The molecular weight excluding hydrogens is 282 g/mol. The van der Waals surface area contributed by atoms with Crippen molar-refractivity contribution in [2.24, 2.45) is 0 Å². The van der Waals surface area contributed by atoms with E-state index in [1.54, 1.807) is 0 Å². The highest BCUT2D eigenvalue weighted by atomic mass is 16.5. The van der Waals surface area contributed by atoms with Crippen molar-refractivity contribution in [3.63, 3.8) is 0 Å². The van der Waals surface area contributed by atoms with Gasteiger partial charge in [0.15, 0.2) is 0 Å². The first-order valence-electron chi connectivity index (χ1n) is 7.89. The molecule has 0 heterocycles. The summed E-state index contributed by atoms with van der Waals surface area (Å²) < 4.78 is 11.3. The Morgan fingerprint density at radius 1 is 1.23 bits per heavy atom. The topological polar surface area (TPSA) is 83.4 Å². The van der Waals surface area contributed by atoms with Crippen molar-refractivity contribution < 1.29 is 14.3 Å². The Morgan fingerprint density at radius 3 is 2.50 bits per heavy atom. The highest BCUT2D eigenvalue weighted by Gasteiger charge is 2.23. The van der Waals surface area contributed by atoms with Crippen molar-refractivity contribution in [3.05, 3.63) is 0 Å². The predicted molar refractivity (Wildman–Crippen MR) is 89.6 cm³/mol. The van der Waals surface area contributed by atoms with Crippen LogP contribution in [-0.2, 0) is 14.3 Å². The first-order chi connectivity index (χ1) is 10.2. The average Bonchev–Trinajstić information content (AvgIpc) is 2.40. The van der Waals surface area contributed by atoms with Gasteiger partial charge < -0.3 is 25.5 Å². The van der Waals surface area contributed by atoms with Crippen LogP contribution in [0.3, 0.4) is 0 Å². The van der Waals surface area contributed by atoms with E-state index < -0.39 is 0 Å². The molecule has 6 nitrogen and oxygen atoms in total. The fraction of sp³-hybridized carbons (Fsp3) is 0.875. The Bertz CT molecular complexity index is 331. The quantitative estimate of drug-likeness (QED) is 0.357. The van der Waals surface area contributed by atoms with Crippen LogP contribution >= 0.6 is 0 Å². The number of ether oxygens (including phenoxy) is 2. The maximum atomic E-state index is 11.8. The SMILES string of the molecule is CNCCC(=O)NC(C)(C)CCOC(C)(C)COCCC=N. The summed E-state index contributed by atoms with van der Waals surface area (Å²) in [6, 6.07) is 0. The van der Waals surface area contributed by atoms with Crippen LogP contribution in [0, 0.1) is 5.41 Å². The molecule has 0 aromatic rings. The number of rotatable bonds is 13. The van der Waals surface area contributed by atoms with Crippen LogP contribution in [0.4, 0.5) is 0 Å². The standard InChI is InChI=1S/C16H33N3O3/c1-15(2,19-14(20)7-10-18-5)8-12-22-16(3,4)13-21-11-6-9-17/h9,17-18H,6-8,10-13H2,1-5H3,(H,19,20). The summed E-state index contributed by atoms with van der Waals surface area (Å²) in [7, 11) is 1.83. The highest BCUT2D eigenvalue weighted by Crippen LogP contribution is 2.14. The molecule has 0 atom stereocenters. The van der Waals surface area contributed by atoms with E-state index in [4.69, 9.17) is 14.9 Å². The van der Waals surface area contributed by atoms with E-state index in [0.29, 0.717) is 39.2 Å². The molecule has 6 heteroatoms. The van der Waals surface area contributed by atoms with Crippen LogP contribution in [0.2, 0.25) is 0 Å². The van der Waals surface area contributed by atoms with Crippen molar-refractivity contribution in [2.45, 2.75) is 58.1 Å². The molecule has 130 valence electrons. The summed E-state index contributed by atoms with van der Waals surface area (Å²) in [6.07, 6.45) is 3.18. The molecule has 1 amide bonds. The van der Waals surface area contributed by atoms with Crippen LogP contribution in [0.5, 0.6) is 0 Å². The smallest absolute Gasteiger partial charge is 0.221 e. The van der Waals surface area contributed by atoms with Crippen LogP contribution < -0.4 is 10.6 Å². The van der Waals surface area contributed by atoms with Crippen molar-refractivity contribution >= 4 is 12.1 Å². The molecule has 0 bridgehead atoms. The zero-order valence-corrected chi connectivity index (χ0v) is 14.8. The molecule has 0 rings (SSSR count). The third-order valence-electron chi connectivity index (χ3n) is 3.16. The molecule has 0 unspecified atom stereocenters. The molecule has 0 aliphatic heterocycles. The first-order valence-corrected chi connectivity index (χ1v) is 7.89. The largest absolute Gasteiger partial charge is 0.378 e. The van der Waals surface area contributed by atoms with Gasteiger partial charge in [-0.3, -0.25) is 4.79 Å². The minimum absolute atomic E-state index is 0.0496. The average molecular weight is 315 g/mol. The van der Waals surface area contributed by atoms with E-state index in [9.17, 15) is 4.79 Å². The summed E-state index contributed by atoms with van der Waals surface area (Å²) in [6.45, 7) is 10.2. The summed E-state index contributed by atoms with van der Waals surface area (Å²) in [5.41, 5.74) is -0.657. The lowest BCUT2D eigenvalue weighted by atomic mass is 10.0. The molecule has 0 radical (unpaired) electrons. The Hall–Kier alpha value is -0.980. The predicted octanol–water partition coefficient (Wildman–Crippen LogP) is 1.73. The number of hydrogen-bond acceptors (Lipinski definition) is 5. The van der Waals surface area contributed by atoms with Crippen molar-refractivity contribution in [1.29, 1.82) is 5.41 Å². The summed E-state index contributed by atoms with van der Waals surface area (Å²) in [5.74, 6) is 0.0496. The fourth-order valence-corrected chi connectivity index (χ4v) is 1.83. The number of hydrogen-bond donors (Lipinski definition) is 3. The van der Waals surface area contributed by atoms with Crippen molar-refractivity contribution in [1.82, 2.24) is 10.6 Å². The third kappa shape index (κ3) is 11.7. The number of carbonyl (C=O) groups is 1. The highest BCUT2D eigenvalue weighted by molar-refractivity contribution is 5.76. The Morgan fingerprint density at radius 2 is 1.91 bits per heavy atom. The molecule has 3 N–H and O–H groups in total. The molecule has 0 aromatic heterocycles. The normalized spacial score (nSPS) is 12.2. The Labute approximate surface area is 134 Å². The summed E-state index contributed by atoms with van der Waals surface area (Å²) in [4.78, 5) is 11.8. The second-order valence-electron chi connectivity index (χ2n) is 6.69. The van der Waals surface area contributed by atoms with Crippen LogP contribution in [0.1, 0.15) is 47.0 Å². The number of carbonyl (C=O) groups excluding carboxylic acids is 1. The summed E-state index contributed by atoms with van der Waals surface area (Å²) in [5, 5.41) is 12.9. The molecule has 0 spiro atoms. The maximum absolute atomic E-state index is 11.8. The molecule has 0 aliphatic rings. The third-order valence-corrected chi connectivity index (χ3v) is 3.16. The zero-order chi connectivity index (χ0) is 17.1. The van der Waals surface area contributed by atoms with Gasteiger partial charge in [0, 0.05) is 31.5 Å². The van der Waals surface area contributed by atoms with Crippen LogP contribution in [0.15, 0.2) is 0 Å². The Kier molecular flexibility index (Phi) is 10.2. The van der Waals surface area contributed by atoms with E-state index in [0.717, 1.165) is 6.42 Å². The minimum Gasteiger partial charge on any atom is -0.378 e. The number of amides is 1. The molecule has 0 fully saturated rings. The minimum atomic E-state index is -0.367. The van der Waals surface area contributed by atoms with Gasteiger partial charge in [-0.25, -0.2) is 0 Å². The molecule has 0 aromatic carbocycles.